The Bertz CT molecular complexity index is 600. The zero-order valence-corrected chi connectivity index (χ0v) is 11.3. The summed E-state index contributed by atoms with van der Waals surface area (Å²) in [7, 11) is 1.37. The topological polar surface area (TPSA) is 53.4 Å². The van der Waals surface area contributed by atoms with Crippen LogP contribution in [0.2, 0.25) is 0 Å². The first-order valence-corrected chi connectivity index (χ1v) is 6.60. The van der Waals surface area contributed by atoms with Crippen LogP contribution < -0.4 is 4.74 Å². The van der Waals surface area contributed by atoms with Crippen molar-refractivity contribution in [1.29, 1.82) is 0 Å². The zero-order chi connectivity index (χ0) is 13.9. The summed E-state index contributed by atoms with van der Waals surface area (Å²) in [4.78, 5) is 15.5. The number of ether oxygens (including phenoxy) is 2. The normalized spacial score (nSPS) is 14.1. The lowest BCUT2D eigenvalue weighted by molar-refractivity contribution is 0.0600. The number of aromatic nitrogens is 2. The van der Waals surface area contributed by atoms with E-state index in [-0.39, 0.29) is 5.97 Å². The summed E-state index contributed by atoms with van der Waals surface area (Å²) in [5.74, 6) is 0.379. The van der Waals surface area contributed by atoms with E-state index in [1.54, 1.807) is 24.3 Å². The van der Waals surface area contributed by atoms with Crippen molar-refractivity contribution in [3.8, 4) is 5.75 Å². The number of rotatable bonds is 5. The van der Waals surface area contributed by atoms with E-state index in [4.69, 9.17) is 4.74 Å². The Balaban J connectivity index is 1.63. The van der Waals surface area contributed by atoms with Gasteiger partial charge in [-0.2, -0.15) is 0 Å². The molecule has 2 aromatic rings. The summed E-state index contributed by atoms with van der Waals surface area (Å²) in [5, 5.41) is 0. The van der Waals surface area contributed by atoms with Gasteiger partial charge in [-0.05, 0) is 37.1 Å². The molecule has 104 valence electrons. The minimum atomic E-state index is -0.344. The molecule has 5 nitrogen and oxygen atoms in total. The van der Waals surface area contributed by atoms with E-state index in [0.717, 1.165) is 11.4 Å². The smallest absolute Gasteiger partial charge is 0.337 e. The molecule has 1 aromatic heterocycles. The molecule has 0 atom stereocenters. The van der Waals surface area contributed by atoms with Crippen molar-refractivity contribution in [2.75, 3.05) is 7.11 Å². The molecular formula is C15H16N2O3. The van der Waals surface area contributed by atoms with Crippen LogP contribution in [0.1, 0.15) is 34.9 Å². The maximum Gasteiger partial charge on any atom is 0.337 e. The van der Waals surface area contributed by atoms with Crippen LogP contribution in [0.4, 0.5) is 0 Å². The lowest BCUT2D eigenvalue weighted by Crippen LogP contribution is -2.04. The molecule has 0 radical (unpaired) electrons. The fourth-order valence-corrected chi connectivity index (χ4v) is 2.09. The van der Waals surface area contributed by atoms with Gasteiger partial charge in [0.25, 0.3) is 0 Å². The van der Waals surface area contributed by atoms with E-state index in [9.17, 15) is 4.79 Å². The van der Waals surface area contributed by atoms with Crippen molar-refractivity contribution >= 4 is 5.97 Å². The van der Waals surface area contributed by atoms with Crippen LogP contribution in [0.3, 0.4) is 0 Å². The highest BCUT2D eigenvalue weighted by molar-refractivity contribution is 5.89. The lowest BCUT2D eigenvalue weighted by Gasteiger charge is -2.09. The van der Waals surface area contributed by atoms with Gasteiger partial charge in [0.05, 0.1) is 30.9 Å². The second-order valence-electron chi connectivity index (χ2n) is 4.83. The molecule has 0 N–H and O–H groups in total. The second-order valence-corrected chi connectivity index (χ2v) is 4.83. The number of esters is 1. The minimum Gasteiger partial charge on any atom is -0.487 e. The molecule has 0 unspecified atom stereocenters. The van der Waals surface area contributed by atoms with Gasteiger partial charge in [0.2, 0.25) is 0 Å². The summed E-state index contributed by atoms with van der Waals surface area (Å²) >= 11 is 0. The fourth-order valence-electron chi connectivity index (χ4n) is 2.09. The van der Waals surface area contributed by atoms with E-state index in [1.807, 2.05) is 12.5 Å². The number of hydrogen-bond donors (Lipinski definition) is 0. The molecule has 1 fully saturated rings. The first-order chi connectivity index (χ1) is 9.78. The third kappa shape index (κ3) is 2.66. The Morgan fingerprint density at radius 1 is 1.35 bits per heavy atom. The number of imidazole rings is 1. The highest BCUT2D eigenvalue weighted by atomic mass is 16.5. The van der Waals surface area contributed by atoms with Crippen molar-refractivity contribution < 1.29 is 14.3 Å². The van der Waals surface area contributed by atoms with Crippen LogP contribution in [-0.2, 0) is 11.3 Å². The molecular weight excluding hydrogens is 256 g/mol. The maximum atomic E-state index is 11.3. The zero-order valence-electron chi connectivity index (χ0n) is 11.3. The van der Waals surface area contributed by atoms with Gasteiger partial charge in [0.15, 0.2) is 0 Å². The Morgan fingerprint density at radius 2 is 2.10 bits per heavy atom. The quantitative estimate of drug-likeness (QED) is 0.785. The molecule has 1 heterocycles. The highest BCUT2D eigenvalue weighted by Gasteiger charge is 2.25. The Morgan fingerprint density at radius 3 is 2.75 bits per heavy atom. The largest absolute Gasteiger partial charge is 0.487 e. The monoisotopic (exact) mass is 272 g/mol. The van der Waals surface area contributed by atoms with E-state index in [2.05, 4.69) is 14.3 Å². The first-order valence-electron chi connectivity index (χ1n) is 6.60. The van der Waals surface area contributed by atoms with Gasteiger partial charge in [-0.25, -0.2) is 9.78 Å². The maximum absolute atomic E-state index is 11.3. The van der Waals surface area contributed by atoms with Gasteiger partial charge in [-0.1, -0.05) is 0 Å². The van der Waals surface area contributed by atoms with Crippen molar-refractivity contribution in [3.05, 3.63) is 48.0 Å². The van der Waals surface area contributed by atoms with Crippen molar-refractivity contribution in [2.24, 2.45) is 0 Å². The van der Waals surface area contributed by atoms with Crippen LogP contribution in [-0.4, -0.2) is 22.6 Å². The molecule has 1 saturated carbocycles. The van der Waals surface area contributed by atoms with Crippen LogP contribution in [0, 0.1) is 0 Å². The number of carbonyl (C=O) groups excluding carboxylic acids is 1. The number of methoxy groups -OCH3 is 1. The van der Waals surface area contributed by atoms with Gasteiger partial charge in [-0.15, -0.1) is 0 Å². The lowest BCUT2D eigenvalue weighted by atomic mass is 10.2. The summed E-state index contributed by atoms with van der Waals surface area (Å²) in [6.45, 7) is 0.480. The van der Waals surface area contributed by atoms with E-state index in [0.29, 0.717) is 18.2 Å². The summed E-state index contributed by atoms with van der Waals surface area (Å²) in [5.41, 5.74) is 1.59. The predicted octanol–water partition coefficient (Wildman–Crippen LogP) is 2.58. The van der Waals surface area contributed by atoms with Gasteiger partial charge in [0, 0.05) is 6.04 Å². The third-order valence-electron chi connectivity index (χ3n) is 3.35. The Labute approximate surface area is 117 Å². The predicted molar refractivity (Wildman–Crippen MR) is 72.6 cm³/mol. The van der Waals surface area contributed by atoms with E-state index in [1.165, 1.54) is 20.0 Å². The molecule has 0 amide bonds. The number of benzene rings is 1. The molecule has 0 aliphatic heterocycles. The SMILES string of the molecule is COC(=O)c1ccc(OCc2cncn2C2CC2)cc1. The van der Waals surface area contributed by atoms with Gasteiger partial charge in [-0.3, -0.25) is 0 Å². The van der Waals surface area contributed by atoms with E-state index >= 15 is 0 Å². The molecule has 1 aromatic carbocycles. The van der Waals surface area contributed by atoms with Crippen molar-refractivity contribution in [1.82, 2.24) is 9.55 Å². The summed E-state index contributed by atoms with van der Waals surface area (Å²) < 4.78 is 12.5. The van der Waals surface area contributed by atoms with Crippen LogP contribution in [0.25, 0.3) is 0 Å². The summed E-state index contributed by atoms with van der Waals surface area (Å²) in [6, 6.07) is 7.52. The van der Waals surface area contributed by atoms with Crippen LogP contribution in [0.15, 0.2) is 36.8 Å². The Hall–Kier alpha value is -2.30. The number of hydrogen-bond acceptors (Lipinski definition) is 4. The average Bonchev–Trinajstić information content (AvgIpc) is 3.23. The molecule has 5 heteroatoms. The van der Waals surface area contributed by atoms with Crippen LogP contribution >= 0.6 is 0 Å². The highest BCUT2D eigenvalue weighted by Crippen LogP contribution is 2.35. The molecule has 0 spiro atoms. The third-order valence-corrected chi connectivity index (χ3v) is 3.35. The Kier molecular flexibility index (Phi) is 3.41. The molecule has 1 aliphatic carbocycles. The van der Waals surface area contributed by atoms with Crippen LogP contribution in [0.5, 0.6) is 5.75 Å². The molecule has 0 saturated heterocycles. The van der Waals surface area contributed by atoms with Crippen molar-refractivity contribution in [2.45, 2.75) is 25.5 Å². The fraction of sp³-hybridized carbons (Fsp3) is 0.333. The minimum absolute atomic E-state index is 0.344. The second kappa shape index (κ2) is 5.36. The molecule has 0 bridgehead atoms. The van der Waals surface area contributed by atoms with Gasteiger partial charge in [0.1, 0.15) is 12.4 Å². The molecule has 3 rings (SSSR count). The number of nitrogens with zero attached hydrogens (tertiary/aromatic N) is 2. The average molecular weight is 272 g/mol. The van der Waals surface area contributed by atoms with E-state index < -0.39 is 0 Å². The molecule has 20 heavy (non-hydrogen) atoms. The molecule has 1 aliphatic rings. The van der Waals surface area contributed by atoms with Gasteiger partial charge < -0.3 is 14.0 Å². The van der Waals surface area contributed by atoms with Gasteiger partial charge >= 0.3 is 5.97 Å². The standard InChI is InChI=1S/C15H16N2O3/c1-19-15(18)11-2-6-14(7-3-11)20-9-13-8-16-10-17(13)12-4-5-12/h2-3,6-8,10,12H,4-5,9H2,1H3. The number of carbonyl (C=O) groups is 1. The van der Waals surface area contributed by atoms with Crippen molar-refractivity contribution in [3.63, 3.8) is 0 Å². The first kappa shape index (κ1) is 12.7. The summed E-state index contributed by atoms with van der Waals surface area (Å²) in [6.07, 6.45) is 6.13.